The van der Waals surface area contributed by atoms with Gasteiger partial charge in [-0.2, -0.15) is 0 Å². The van der Waals surface area contributed by atoms with Crippen LogP contribution in [-0.4, -0.2) is 41.6 Å². The molecule has 3 nitrogen and oxygen atoms in total. The van der Waals surface area contributed by atoms with E-state index < -0.39 is 0 Å². The zero-order valence-corrected chi connectivity index (χ0v) is 6.29. The molecule has 0 aromatic heterocycles. The predicted molar refractivity (Wildman–Crippen MR) is 40.4 cm³/mol. The highest BCUT2D eigenvalue weighted by Crippen LogP contribution is 2.07. The zero-order chi connectivity index (χ0) is 7.84. The van der Waals surface area contributed by atoms with Crippen molar-refractivity contribution < 1.29 is 9.07 Å². The second-order valence-corrected chi connectivity index (χ2v) is 2.54. The summed E-state index contributed by atoms with van der Waals surface area (Å²) >= 11 is 0. The van der Waals surface area contributed by atoms with Gasteiger partial charge in [0.1, 0.15) is 0 Å². The average molecular weight is 154 g/mol. The number of rotatable bonds is 0. The first-order valence-corrected chi connectivity index (χ1v) is 3.55. The fraction of sp³-hybridized carbons (Fsp3) is 0.429. The third-order valence-corrected chi connectivity index (χ3v) is 1.89. The van der Waals surface area contributed by atoms with Gasteiger partial charge in [0.15, 0.2) is 12.9 Å². The molecule has 0 unspecified atom stereocenters. The molecule has 0 aromatic carbocycles. The number of hydrazone groups is 1. The molecule has 2 aliphatic heterocycles. The smallest absolute Gasteiger partial charge is 0.262 e. The molecular weight excluding hydrogens is 145 g/mol. The molecule has 58 valence electrons. The van der Waals surface area contributed by atoms with Crippen LogP contribution in [0, 0.1) is 0 Å². The van der Waals surface area contributed by atoms with Gasteiger partial charge in [0.2, 0.25) is 0 Å². The minimum absolute atomic E-state index is 0.231. The number of aliphatic imine (C=N–C) groups is 1. The number of hydrazine groups is 1. The lowest BCUT2D eigenvalue weighted by molar-refractivity contribution is -0.644. The molecule has 0 saturated carbocycles. The quantitative estimate of drug-likeness (QED) is 0.456. The fourth-order valence-corrected chi connectivity index (χ4v) is 1.26. The van der Waals surface area contributed by atoms with Crippen LogP contribution in [0.2, 0.25) is 0 Å². The third-order valence-electron chi connectivity index (χ3n) is 1.89. The van der Waals surface area contributed by atoms with Crippen LogP contribution in [0.4, 0.5) is 4.39 Å². The normalized spacial score (nSPS) is 22.4. The minimum Gasteiger partial charge on any atom is -0.262 e. The van der Waals surface area contributed by atoms with E-state index in [4.69, 9.17) is 0 Å². The monoisotopic (exact) mass is 154 g/mol. The number of fused-ring (bicyclic) bond motifs is 1. The van der Waals surface area contributed by atoms with Crippen LogP contribution in [0.3, 0.4) is 0 Å². The lowest BCUT2D eigenvalue weighted by atomic mass is 10.4. The topological polar surface area (TPSA) is 18.6 Å². The summed E-state index contributed by atoms with van der Waals surface area (Å²) in [7, 11) is 1.69. The van der Waals surface area contributed by atoms with E-state index in [2.05, 4.69) is 4.99 Å². The summed E-state index contributed by atoms with van der Waals surface area (Å²) in [5.41, 5.74) is 0. The Morgan fingerprint density at radius 3 is 3.27 bits per heavy atom. The molecule has 2 aliphatic rings. The molecule has 0 fully saturated rings. The summed E-state index contributed by atoms with van der Waals surface area (Å²) in [6, 6.07) is 0. The van der Waals surface area contributed by atoms with Crippen LogP contribution in [-0.2, 0) is 0 Å². The van der Waals surface area contributed by atoms with Crippen molar-refractivity contribution in [2.24, 2.45) is 4.99 Å². The second kappa shape index (κ2) is 2.15. The summed E-state index contributed by atoms with van der Waals surface area (Å²) in [6.07, 6.45) is 3.13. The van der Waals surface area contributed by atoms with Gasteiger partial charge in [-0.15, -0.1) is 9.40 Å². The Hall–Kier alpha value is -1.19. The van der Waals surface area contributed by atoms with Crippen LogP contribution < -0.4 is 0 Å². The molecule has 0 radical (unpaired) electrons. The lowest BCUT2D eigenvalue weighted by Gasteiger charge is -2.13. The van der Waals surface area contributed by atoms with Gasteiger partial charge >= 0.3 is 5.97 Å². The molecule has 11 heavy (non-hydrogen) atoms. The van der Waals surface area contributed by atoms with E-state index in [1.54, 1.807) is 13.1 Å². The number of nitrogens with zero attached hydrogens (tertiary/aromatic N) is 3. The lowest BCUT2D eigenvalue weighted by Crippen LogP contribution is -2.39. The van der Waals surface area contributed by atoms with Crippen LogP contribution in [0.1, 0.15) is 0 Å². The van der Waals surface area contributed by atoms with Crippen molar-refractivity contribution in [2.45, 2.75) is 0 Å². The predicted octanol–water partition coefficient (Wildman–Crippen LogP) is 0.196. The summed E-state index contributed by atoms with van der Waals surface area (Å²) in [4.78, 5) is 4.18. The molecule has 2 heterocycles. The molecule has 0 aliphatic carbocycles. The first kappa shape index (κ1) is 6.52. The van der Waals surface area contributed by atoms with Crippen molar-refractivity contribution >= 4 is 11.8 Å². The molecule has 0 saturated heterocycles. The molecule has 0 spiro atoms. The first-order valence-electron chi connectivity index (χ1n) is 3.55. The maximum atomic E-state index is 12.9. The highest BCUT2D eigenvalue weighted by atomic mass is 19.1. The maximum Gasteiger partial charge on any atom is 0.382 e. The van der Waals surface area contributed by atoms with Crippen molar-refractivity contribution in [1.29, 1.82) is 0 Å². The number of hydrogen-bond acceptors (Lipinski definition) is 2. The summed E-state index contributed by atoms with van der Waals surface area (Å²) < 4.78 is 14.4. The van der Waals surface area contributed by atoms with Gasteiger partial charge in [0.05, 0.1) is 13.1 Å². The van der Waals surface area contributed by atoms with Gasteiger partial charge in [0.25, 0.3) is 0 Å². The number of halogens is 1. The van der Waals surface area contributed by atoms with Crippen LogP contribution in [0.25, 0.3) is 0 Å². The van der Waals surface area contributed by atoms with Crippen molar-refractivity contribution in [3.8, 4) is 0 Å². The molecule has 0 bridgehead atoms. The van der Waals surface area contributed by atoms with E-state index in [1.807, 2.05) is 5.01 Å². The molecule has 4 heteroatoms. The van der Waals surface area contributed by atoms with Gasteiger partial charge in [-0.25, -0.2) is 0 Å². The SMILES string of the molecule is C[N+]1=C(F)C=CC2=NCCN21. The van der Waals surface area contributed by atoms with E-state index in [0.29, 0.717) is 0 Å². The maximum absolute atomic E-state index is 12.9. The van der Waals surface area contributed by atoms with Crippen molar-refractivity contribution in [3.63, 3.8) is 0 Å². The second-order valence-electron chi connectivity index (χ2n) is 2.54. The summed E-state index contributed by atoms with van der Waals surface area (Å²) in [5.74, 6) is 0.625. The molecule has 0 amide bonds. The minimum atomic E-state index is -0.231. The Labute approximate surface area is 64.1 Å². The fourth-order valence-electron chi connectivity index (χ4n) is 1.26. The van der Waals surface area contributed by atoms with E-state index in [0.717, 1.165) is 18.9 Å². The standard InChI is InChI=1S/C7H9FN3/c1-10-6(8)2-3-7-9-4-5-11(7)10/h2-3H,4-5H2,1H3/q+1. The van der Waals surface area contributed by atoms with Crippen LogP contribution >= 0.6 is 0 Å². The summed E-state index contributed by atoms with van der Waals surface area (Å²) in [5, 5.41) is 1.81. The third kappa shape index (κ3) is 0.859. The Bertz CT molecular complexity index is 277. The van der Waals surface area contributed by atoms with E-state index in [1.165, 1.54) is 10.8 Å². The Morgan fingerprint density at radius 2 is 2.45 bits per heavy atom. The van der Waals surface area contributed by atoms with Crippen LogP contribution in [0.5, 0.6) is 0 Å². The number of amidine groups is 1. The Kier molecular flexibility index (Phi) is 1.27. The molecule has 0 atom stereocenters. The highest BCUT2D eigenvalue weighted by Gasteiger charge is 2.28. The van der Waals surface area contributed by atoms with E-state index >= 15 is 0 Å². The largest absolute Gasteiger partial charge is 0.382 e. The van der Waals surface area contributed by atoms with Gasteiger partial charge in [-0.1, -0.05) is 4.68 Å². The van der Waals surface area contributed by atoms with E-state index in [9.17, 15) is 4.39 Å². The average Bonchev–Trinajstić information content (AvgIpc) is 2.45. The van der Waals surface area contributed by atoms with Gasteiger partial charge < -0.3 is 0 Å². The molecular formula is C7H9FN3+. The molecule has 2 rings (SSSR count). The Balaban J connectivity index is 2.41. The van der Waals surface area contributed by atoms with Crippen molar-refractivity contribution in [3.05, 3.63) is 12.2 Å². The van der Waals surface area contributed by atoms with Gasteiger partial charge in [-0.3, -0.25) is 4.99 Å². The summed E-state index contributed by atoms with van der Waals surface area (Å²) in [6.45, 7) is 1.54. The zero-order valence-electron chi connectivity index (χ0n) is 6.29. The van der Waals surface area contributed by atoms with E-state index in [-0.39, 0.29) is 5.97 Å². The van der Waals surface area contributed by atoms with Crippen molar-refractivity contribution in [1.82, 2.24) is 5.01 Å². The first-order chi connectivity index (χ1) is 5.29. The Morgan fingerprint density at radius 1 is 1.64 bits per heavy atom. The van der Waals surface area contributed by atoms with Crippen molar-refractivity contribution in [2.75, 3.05) is 20.1 Å². The molecule has 0 aromatic rings. The van der Waals surface area contributed by atoms with Gasteiger partial charge in [-0.05, 0) is 6.08 Å². The number of allylic oxidation sites excluding steroid dienone is 1. The van der Waals surface area contributed by atoms with Crippen LogP contribution in [0.15, 0.2) is 17.1 Å². The number of hydrogen-bond donors (Lipinski definition) is 0. The highest BCUT2D eigenvalue weighted by molar-refractivity contribution is 6.00. The molecule has 0 N–H and O–H groups in total. The van der Waals surface area contributed by atoms with Gasteiger partial charge in [0, 0.05) is 6.08 Å².